The average Bonchev–Trinajstić information content (AvgIpc) is 3.06. The third-order valence-electron chi connectivity index (χ3n) is 3.42. The summed E-state index contributed by atoms with van der Waals surface area (Å²) in [5.74, 6) is -2.72. The monoisotopic (exact) mass is 367 g/mol. The van der Waals surface area contributed by atoms with Gasteiger partial charge in [-0.15, -0.1) is 0 Å². The molecule has 0 saturated heterocycles. The van der Waals surface area contributed by atoms with Crippen LogP contribution in [0, 0.1) is 11.6 Å². The van der Waals surface area contributed by atoms with Crippen LogP contribution in [0.1, 0.15) is 16.1 Å². The Morgan fingerprint density at radius 1 is 1.04 bits per heavy atom. The number of aromatic nitrogens is 2. The molecule has 134 valence electrons. The Hall–Kier alpha value is -3.23. The lowest BCUT2D eigenvalue weighted by atomic mass is 10.1. The highest BCUT2D eigenvalue weighted by Crippen LogP contribution is 2.33. The number of rotatable bonds is 3. The normalized spacial score (nSPS) is 11.4. The maximum Gasteiger partial charge on any atom is 0.419 e. The Kier molecular flexibility index (Phi) is 4.45. The molecule has 0 saturated carbocycles. The van der Waals surface area contributed by atoms with Gasteiger partial charge >= 0.3 is 6.18 Å². The van der Waals surface area contributed by atoms with E-state index in [1.807, 2.05) is 0 Å². The van der Waals surface area contributed by atoms with Crippen LogP contribution in [0.3, 0.4) is 0 Å². The maximum atomic E-state index is 13.3. The summed E-state index contributed by atoms with van der Waals surface area (Å²) in [6.45, 7) is 0. The van der Waals surface area contributed by atoms with E-state index in [9.17, 15) is 26.7 Å². The van der Waals surface area contributed by atoms with Gasteiger partial charge in [0.1, 0.15) is 11.6 Å². The number of hydrogen-bond acceptors (Lipinski definition) is 2. The van der Waals surface area contributed by atoms with Gasteiger partial charge in [-0.3, -0.25) is 4.79 Å². The lowest BCUT2D eigenvalue weighted by molar-refractivity contribution is -0.139. The molecule has 26 heavy (non-hydrogen) atoms. The van der Waals surface area contributed by atoms with Crippen molar-refractivity contribution in [1.82, 2.24) is 9.78 Å². The van der Waals surface area contributed by atoms with E-state index in [1.54, 1.807) is 6.07 Å². The molecule has 0 atom stereocenters. The number of nitrogens with one attached hydrogen (secondary N) is 1. The first kappa shape index (κ1) is 17.6. The molecular formula is C17H10F5N3O. The van der Waals surface area contributed by atoms with Gasteiger partial charge in [-0.25, -0.2) is 13.5 Å². The molecule has 0 unspecified atom stereocenters. The lowest BCUT2D eigenvalue weighted by Gasteiger charge is -2.10. The minimum Gasteiger partial charge on any atom is -0.321 e. The van der Waals surface area contributed by atoms with Crippen molar-refractivity contribution in [2.45, 2.75) is 6.18 Å². The molecular weight excluding hydrogens is 357 g/mol. The molecule has 0 aliphatic carbocycles. The van der Waals surface area contributed by atoms with Crippen molar-refractivity contribution in [3.63, 3.8) is 0 Å². The van der Waals surface area contributed by atoms with Crippen molar-refractivity contribution in [2.24, 2.45) is 0 Å². The zero-order valence-corrected chi connectivity index (χ0v) is 12.9. The predicted octanol–water partition coefficient (Wildman–Crippen LogP) is 4.42. The molecule has 0 aliphatic heterocycles. The first-order chi connectivity index (χ1) is 12.2. The number of anilines is 1. The van der Waals surface area contributed by atoms with E-state index in [2.05, 4.69) is 10.4 Å². The van der Waals surface area contributed by atoms with Crippen LogP contribution in [-0.2, 0) is 6.18 Å². The van der Waals surface area contributed by atoms with Gasteiger partial charge in [-0.05, 0) is 42.5 Å². The molecule has 1 N–H and O–H groups in total. The van der Waals surface area contributed by atoms with Gasteiger partial charge < -0.3 is 5.32 Å². The van der Waals surface area contributed by atoms with Gasteiger partial charge in [0.05, 0.1) is 11.3 Å². The molecule has 0 fully saturated rings. The second-order valence-electron chi connectivity index (χ2n) is 5.27. The second kappa shape index (κ2) is 6.58. The van der Waals surface area contributed by atoms with Gasteiger partial charge in [-0.1, -0.05) is 6.07 Å². The molecule has 0 radical (unpaired) electrons. The van der Waals surface area contributed by atoms with E-state index >= 15 is 0 Å². The Bertz CT molecular complexity index is 965. The molecule has 3 rings (SSSR count). The quantitative estimate of drug-likeness (QED) is 0.697. The molecule has 1 amide bonds. The SMILES string of the molecule is O=C(Nc1ccc(F)c(C(F)(F)F)c1)c1ccn(-c2cccc(F)c2)n1. The third kappa shape index (κ3) is 3.71. The first-order valence-corrected chi connectivity index (χ1v) is 7.24. The summed E-state index contributed by atoms with van der Waals surface area (Å²) in [6.07, 6.45) is -3.49. The smallest absolute Gasteiger partial charge is 0.321 e. The van der Waals surface area contributed by atoms with Gasteiger partial charge in [-0.2, -0.15) is 18.3 Å². The summed E-state index contributed by atoms with van der Waals surface area (Å²) in [6, 6.07) is 8.90. The zero-order valence-electron chi connectivity index (χ0n) is 12.9. The maximum absolute atomic E-state index is 13.3. The van der Waals surface area contributed by atoms with E-state index in [-0.39, 0.29) is 11.4 Å². The van der Waals surface area contributed by atoms with E-state index in [1.165, 1.54) is 35.1 Å². The van der Waals surface area contributed by atoms with Crippen LogP contribution in [0.25, 0.3) is 5.69 Å². The Morgan fingerprint density at radius 3 is 2.50 bits per heavy atom. The molecule has 9 heteroatoms. The van der Waals surface area contributed by atoms with Crippen molar-refractivity contribution in [3.05, 3.63) is 77.6 Å². The van der Waals surface area contributed by atoms with Crippen molar-refractivity contribution in [1.29, 1.82) is 0 Å². The topological polar surface area (TPSA) is 46.9 Å². The van der Waals surface area contributed by atoms with Crippen LogP contribution in [-0.4, -0.2) is 15.7 Å². The fourth-order valence-electron chi connectivity index (χ4n) is 2.22. The number of amides is 1. The van der Waals surface area contributed by atoms with Crippen molar-refractivity contribution in [2.75, 3.05) is 5.32 Å². The second-order valence-corrected chi connectivity index (χ2v) is 5.27. The minimum atomic E-state index is -4.89. The highest BCUT2D eigenvalue weighted by Gasteiger charge is 2.34. The molecule has 3 aromatic rings. The van der Waals surface area contributed by atoms with E-state index in [4.69, 9.17) is 0 Å². The molecule has 2 aromatic carbocycles. The fourth-order valence-corrected chi connectivity index (χ4v) is 2.22. The zero-order chi connectivity index (χ0) is 18.9. The lowest BCUT2D eigenvalue weighted by Crippen LogP contribution is -2.15. The number of alkyl halides is 3. The Balaban J connectivity index is 1.81. The van der Waals surface area contributed by atoms with Crippen LogP contribution in [0.15, 0.2) is 54.7 Å². The number of hydrogen-bond donors (Lipinski definition) is 1. The molecule has 1 heterocycles. The molecule has 4 nitrogen and oxygen atoms in total. The highest BCUT2D eigenvalue weighted by molar-refractivity contribution is 6.02. The Morgan fingerprint density at radius 2 is 1.81 bits per heavy atom. The summed E-state index contributed by atoms with van der Waals surface area (Å²) in [4.78, 5) is 12.1. The van der Waals surface area contributed by atoms with Crippen molar-refractivity contribution in [3.8, 4) is 5.69 Å². The van der Waals surface area contributed by atoms with Crippen LogP contribution < -0.4 is 5.32 Å². The van der Waals surface area contributed by atoms with Gasteiger partial charge in [0.2, 0.25) is 0 Å². The van der Waals surface area contributed by atoms with E-state index in [0.29, 0.717) is 17.8 Å². The number of carbonyl (C=O) groups excluding carboxylic acids is 1. The largest absolute Gasteiger partial charge is 0.419 e. The molecule has 0 bridgehead atoms. The van der Waals surface area contributed by atoms with Crippen LogP contribution in [0.4, 0.5) is 27.6 Å². The number of nitrogens with zero attached hydrogens (tertiary/aromatic N) is 2. The summed E-state index contributed by atoms with van der Waals surface area (Å²) in [7, 11) is 0. The summed E-state index contributed by atoms with van der Waals surface area (Å²) in [5.41, 5.74) is -1.46. The fraction of sp³-hybridized carbons (Fsp3) is 0.0588. The summed E-state index contributed by atoms with van der Waals surface area (Å²) in [5, 5.41) is 6.17. The summed E-state index contributed by atoms with van der Waals surface area (Å²) < 4.78 is 65.9. The van der Waals surface area contributed by atoms with E-state index in [0.717, 1.165) is 6.07 Å². The van der Waals surface area contributed by atoms with E-state index < -0.39 is 29.3 Å². The predicted molar refractivity (Wildman–Crippen MR) is 82.9 cm³/mol. The Labute approximate surface area is 143 Å². The molecule has 0 aliphatic rings. The summed E-state index contributed by atoms with van der Waals surface area (Å²) >= 11 is 0. The number of benzene rings is 2. The van der Waals surface area contributed by atoms with Crippen LogP contribution in [0.5, 0.6) is 0 Å². The van der Waals surface area contributed by atoms with Crippen LogP contribution in [0.2, 0.25) is 0 Å². The minimum absolute atomic E-state index is 0.104. The molecule has 1 aromatic heterocycles. The molecule has 0 spiro atoms. The first-order valence-electron chi connectivity index (χ1n) is 7.24. The van der Waals surface area contributed by atoms with Gasteiger partial charge in [0.15, 0.2) is 5.69 Å². The average molecular weight is 367 g/mol. The van der Waals surface area contributed by atoms with Gasteiger partial charge in [0, 0.05) is 11.9 Å². The van der Waals surface area contributed by atoms with Gasteiger partial charge in [0.25, 0.3) is 5.91 Å². The number of carbonyl (C=O) groups is 1. The van der Waals surface area contributed by atoms with Crippen molar-refractivity contribution < 1.29 is 26.7 Å². The standard InChI is InChI=1S/C17H10F5N3O/c18-10-2-1-3-12(8-10)25-7-6-15(24-25)16(26)23-11-4-5-14(19)13(9-11)17(20,21)22/h1-9H,(H,23,26). The number of halogens is 5. The van der Waals surface area contributed by atoms with Crippen molar-refractivity contribution >= 4 is 11.6 Å². The highest BCUT2D eigenvalue weighted by atomic mass is 19.4. The van der Waals surface area contributed by atoms with Crippen LogP contribution >= 0.6 is 0 Å². The third-order valence-corrected chi connectivity index (χ3v) is 3.42.